The van der Waals surface area contributed by atoms with Crippen molar-refractivity contribution in [1.29, 1.82) is 0 Å². The van der Waals surface area contributed by atoms with Crippen LogP contribution in [0.1, 0.15) is 31.3 Å². The summed E-state index contributed by atoms with van der Waals surface area (Å²) in [4.78, 5) is 26.3. The van der Waals surface area contributed by atoms with Crippen LogP contribution in [0.25, 0.3) is 11.3 Å². The van der Waals surface area contributed by atoms with Gasteiger partial charge in [0.2, 0.25) is 5.91 Å². The summed E-state index contributed by atoms with van der Waals surface area (Å²) in [5.41, 5.74) is 0.982. The molecule has 7 heteroatoms. The van der Waals surface area contributed by atoms with E-state index >= 15 is 0 Å². The number of rotatable bonds is 9. The van der Waals surface area contributed by atoms with Gasteiger partial charge in [0, 0.05) is 24.2 Å². The van der Waals surface area contributed by atoms with Gasteiger partial charge >= 0.3 is 0 Å². The lowest BCUT2D eigenvalue weighted by Crippen LogP contribution is -2.44. The van der Waals surface area contributed by atoms with Crippen molar-refractivity contribution in [3.05, 3.63) is 42.1 Å². The predicted octanol–water partition coefficient (Wildman–Crippen LogP) is 1.92. The van der Waals surface area contributed by atoms with Gasteiger partial charge in [-0.15, -0.1) is 0 Å². The fourth-order valence-electron chi connectivity index (χ4n) is 2.67. The van der Waals surface area contributed by atoms with Gasteiger partial charge in [0.15, 0.2) is 11.5 Å². The number of amides is 2. The van der Waals surface area contributed by atoms with Crippen LogP contribution in [0.5, 0.6) is 0 Å². The van der Waals surface area contributed by atoms with Crippen LogP contribution in [0, 0.1) is 0 Å². The van der Waals surface area contributed by atoms with Crippen LogP contribution >= 0.6 is 0 Å². The van der Waals surface area contributed by atoms with Gasteiger partial charge in [0.05, 0.1) is 6.54 Å². The molecule has 0 aliphatic carbocycles. The minimum absolute atomic E-state index is 0.0999. The predicted molar refractivity (Wildman–Crippen MR) is 99.7 cm³/mol. The van der Waals surface area contributed by atoms with Gasteiger partial charge in [-0.1, -0.05) is 49.3 Å². The number of nitrogens with one attached hydrogen (secondary N) is 2. The molecule has 0 fully saturated rings. The molecule has 1 aromatic heterocycles. The first-order valence-corrected chi connectivity index (χ1v) is 8.86. The molecular weight excluding hydrogens is 332 g/mol. The molecule has 0 spiro atoms. The number of hydrogen-bond donors (Lipinski definition) is 2. The fraction of sp³-hybridized carbons (Fsp3) is 0.421. The first kappa shape index (κ1) is 19.7. The second-order valence-corrected chi connectivity index (χ2v) is 6.00. The number of nitrogens with zero attached hydrogens (tertiary/aromatic N) is 2. The van der Waals surface area contributed by atoms with Crippen molar-refractivity contribution in [1.82, 2.24) is 20.7 Å². The molecule has 0 saturated heterocycles. The van der Waals surface area contributed by atoms with E-state index in [-0.39, 0.29) is 24.2 Å². The molecular formula is C19H26N4O3. The maximum Gasteiger partial charge on any atom is 0.273 e. The van der Waals surface area contributed by atoms with Gasteiger partial charge in [0.1, 0.15) is 0 Å². The summed E-state index contributed by atoms with van der Waals surface area (Å²) in [5.74, 6) is -0.166. The molecule has 2 rings (SSSR count). The summed E-state index contributed by atoms with van der Waals surface area (Å²) in [6.07, 6.45) is 0. The van der Waals surface area contributed by atoms with Gasteiger partial charge in [0.25, 0.3) is 5.91 Å². The Labute approximate surface area is 153 Å². The van der Waals surface area contributed by atoms with E-state index < -0.39 is 5.91 Å². The smallest absolute Gasteiger partial charge is 0.273 e. The van der Waals surface area contributed by atoms with Crippen LogP contribution in [0.3, 0.4) is 0 Å². The summed E-state index contributed by atoms with van der Waals surface area (Å²) in [6.45, 7) is 8.54. The Balaban J connectivity index is 1.80. The van der Waals surface area contributed by atoms with Crippen molar-refractivity contribution in [2.24, 2.45) is 0 Å². The van der Waals surface area contributed by atoms with E-state index in [2.05, 4.69) is 41.5 Å². The van der Waals surface area contributed by atoms with Crippen molar-refractivity contribution in [2.45, 2.75) is 26.8 Å². The van der Waals surface area contributed by atoms with Gasteiger partial charge in [-0.25, -0.2) is 0 Å². The lowest BCUT2D eigenvalue weighted by molar-refractivity contribution is -0.120. The summed E-state index contributed by atoms with van der Waals surface area (Å²) in [6, 6.07) is 11.2. The van der Waals surface area contributed by atoms with Gasteiger partial charge in [-0.3, -0.25) is 14.5 Å². The minimum atomic E-state index is -0.442. The summed E-state index contributed by atoms with van der Waals surface area (Å²) in [5, 5.41) is 9.15. The quantitative estimate of drug-likeness (QED) is 0.715. The van der Waals surface area contributed by atoms with E-state index in [1.165, 1.54) is 0 Å². The number of benzene rings is 1. The Morgan fingerprint density at radius 1 is 1.15 bits per heavy atom. The molecule has 2 N–H and O–H groups in total. The standard InChI is InChI=1S/C19H26N4O3/c1-4-23(5-2)14(3)12-20-18(24)13-21-19(25)16-11-17(26-22-16)15-9-7-6-8-10-15/h6-11,14H,4-5,12-13H2,1-3H3,(H,20,24)(H,21,25)/t14-/m1/s1. The van der Waals surface area contributed by atoms with E-state index in [0.717, 1.165) is 18.7 Å². The molecule has 0 aliphatic heterocycles. The van der Waals surface area contributed by atoms with Crippen LogP contribution in [0.4, 0.5) is 0 Å². The average molecular weight is 358 g/mol. The molecule has 0 radical (unpaired) electrons. The highest BCUT2D eigenvalue weighted by molar-refractivity contribution is 5.95. The Morgan fingerprint density at radius 3 is 2.50 bits per heavy atom. The molecule has 1 heterocycles. The van der Waals surface area contributed by atoms with Crippen molar-refractivity contribution in [3.63, 3.8) is 0 Å². The van der Waals surface area contributed by atoms with Crippen LogP contribution in [0.2, 0.25) is 0 Å². The van der Waals surface area contributed by atoms with Crippen LogP contribution in [0.15, 0.2) is 40.9 Å². The van der Waals surface area contributed by atoms with E-state index in [4.69, 9.17) is 4.52 Å². The lowest BCUT2D eigenvalue weighted by atomic mass is 10.1. The zero-order valence-corrected chi connectivity index (χ0v) is 15.5. The summed E-state index contributed by atoms with van der Waals surface area (Å²) < 4.78 is 5.19. The van der Waals surface area contributed by atoms with Gasteiger partial charge < -0.3 is 15.2 Å². The second kappa shape index (κ2) is 9.72. The minimum Gasteiger partial charge on any atom is -0.355 e. The third-order valence-electron chi connectivity index (χ3n) is 4.24. The molecule has 0 aliphatic rings. The Morgan fingerprint density at radius 2 is 1.85 bits per heavy atom. The molecule has 2 aromatic rings. The molecule has 0 unspecified atom stereocenters. The van der Waals surface area contributed by atoms with E-state index in [9.17, 15) is 9.59 Å². The van der Waals surface area contributed by atoms with Crippen molar-refractivity contribution >= 4 is 11.8 Å². The zero-order chi connectivity index (χ0) is 18.9. The maximum atomic E-state index is 12.1. The largest absolute Gasteiger partial charge is 0.355 e. The fourth-order valence-corrected chi connectivity index (χ4v) is 2.67. The highest BCUT2D eigenvalue weighted by Crippen LogP contribution is 2.19. The Hall–Kier alpha value is -2.67. The van der Waals surface area contributed by atoms with E-state index in [1.807, 2.05) is 30.3 Å². The Kier molecular flexibility index (Phi) is 7.35. The SMILES string of the molecule is CCN(CC)[C@H](C)CNC(=O)CNC(=O)c1cc(-c2ccccc2)on1. The molecule has 2 amide bonds. The summed E-state index contributed by atoms with van der Waals surface area (Å²) in [7, 11) is 0. The molecule has 0 bridgehead atoms. The molecule has 140 valence electrons. The number of aromatic nitrogens is 1. The summed E-state index contributed by atoms with van der Waals surface area (Å²) >= 11 is 0. The number of hydrogen-bond acceptors (Lipinski definition) is 5. The van der Waals surface area contributed by atoms with Gasteiger partial charge in [-0.05, 0) is 20.0 Å². The molecule has 0 saturated carbocycles. The zero-order valence-electron chi connectivity index (χ0n) is 15.5. The average Bonchev–Trinajstić information content (AvgIpc) is 3.16. The second-order valence-electron chi connectivity index (χ2n) is 6.00. The number of likely N-dealkylation sites (N-methyl/N-ethyl adjacent to an activating group) is 1. The molecule has 1 atom stereocenters. The number of carbonyl (C=O) groups is 2. The van der Waals surface area contributed by atoms with Crippen LogP contribution in [-0.2, 0) is 4.79 Å². The Bertz CT molecular complexity index is 711. The highest BCUT2D eigenvalue weighted by atomic mass is 16.5. The van der Waals surface area contributed by atoms with Crippen LogP contribution < -0.4 is 10.6 Å². The normalized spacial score (nSPS) is 12.0. The monoisotopic (exact) mass is 358 g/mol. The highest BCUT2D eigenvalue weighted by Gasteiger charge is 2.15. The lowest BCUT2D eigenvalue weighted by Gasteiger charge is -2.26. The number of carbonyl (C=O) groups excluding carboxylic acids is 2. The maximum absolute atomic E-state index is 12.1. The van der Waals surface area contributed by atoms with Crippen molar-refractivity contribution in [2.75, 3.05) is 26.2 Å². The van der Waals surface area contributed by atoms with Crippen LogP contribution in [-0.4, -0.2) is 54.1 Å². The van der Waals surface area contributed by atoms with Gasteiger partial charge in [-0.2, -0.15) is 0 Å². The molecule has 7 nitrogen and oxygen atoms in total. The van der Waals surface area contributed by atoms with E-state index in [1.54, 1.807) is 6.07 Å². The third kappa shape index (κ3) is 5.42. The molecule has 1 aromatic carbocycles. The first-order valence-electron chi connectivity index (χ1n) is 8.86. The molecule has 26 heavy (non-hydrogen) atoms. The van der Waals surface area contributed by atoms with Crippen molar-refractivity contribution < 1.29 is 14.1 Å². The van der Waals surface area contributed by atoms with Crippen molar-refractivity contribution in [3.8, 4) is 11.3 Å². The third-order valence-corrected chi connectivity index (χ3v) is 4.24. The topological polar surface area (TPSA) is 87.5 Å². The van der Waals surface area contributed by atoms with E-state index in [0.29, 0.717) is 12.3 Å². The first-order chi connectivity index (χ1) is 12.5.